The molecule has 1 aromatic carbocycles. The van der Waals surface area contributed by atoms with Crippen molar-refractivity contribution in [2.75, 3.05) is 7.05 Å². The minimum atomic E-state index is 0.627. The fourth-order valence-electron chi connectivity index (χ4n) is 2.50. The van der Waals surface area contributed by atoms with Crippen molar-refractivity contribution in [2.24, 2.45) is 5.92 Å². The van der Waals surface area contributed by atoms with E-state index in [2.05, 4.69) is 62.2 Å². The molecule has 0 radical (unpaired) electrons. The Morgan fingerprint density at radius 1 is 1.44 bits per heavy atom. The number of benzene rings is 1. The maximum atomic E-state index is 3.51. The average Bonchev–Trinajstić information content (AvgIpc) is 2.72. The van der Waals surface area contributed by atoms with Gasteiger partial charge in [0.05, 0.1) is 0 Å². The van der Waals surface area contributed by atoms with Gasteiger partial charge in [0, 0.05) is 16.2 Å². The first-order chi connectivity index (χ1) is 7.76. The highest BCUT2D eigenvalue weighted by Gasteiger charge is 2.30. The molecule has 0 bridgehead atoms. The van der Waals surface area contributed by atoms with Crippen LogP contribution in [0.3, 0.4) is 0 Å². The van der Waals surface area contributed by atoms with Gasteiger partial charge >= 0.3 is 0 Å². The fourth-order valence-corrected chi connectivity index (χ4v) is 4.10. The molecule has 0 amide bonds. The molecule has 0 saturated heterocycles. The standard InChI is InChI=1S/C14H21NS/c1-4-10(2)14(15-3)13-9-11-7-5-6-8-12(11)16-13/h5-8,10,13-15H,4,9H2,1-3H3. The van der Waals surface area contributed by atoms with Crippen molar-refractivity contribution in [1.29, 1.82) is 0 Å². The molecule has 0 aliphatic carbocycles. The van der Waals surface area contributed by atoms with Gasteiger partial charge in [-0.1, -0.05) is 38.5 Å². The average molecular weight is 235 g/mol. The summed E-state index contributed by atoms with van der Waals surface area (Å²) < 4.78 is 0. The van der Waals surface area contributed by atoms with Gasteiger partial charge in [0.15, 0.2) is 0 Å². The SMILES string of the molecule is CCC(C)C(NC)C1Cc2ccccc2S1. The van der Waals surface area contributed by atoms with Crippen LogP contribution in [0, 0.1) is 5.92 Å². The van der Waals surface area contributed by atoms with Gasteiger partial charge in [0.25, 0.3) is 0 Å². The zero-order valence-corrected chi connectivity index (χ0v) is 11.2. The van der Waals surface area contributed by atoms with E-state index in [9.17, 15) is 0 Å². The lowest BCUT2D eigenvalue weighted by Gasteiger charge is -2.27. The van der Waals surface area contributed by atoms with E-state index in [4.69, 9.17) is 0 Å². The molecule has 3 unspecified atom stereocenters. The van der Waals surface area contributed by atoms with Crippen molar-refractivity contribution in [3.05, 3.63) is 29.8 Å². The molecule has 2 heteroatoms. The highest BCUT2D eigenvalue weighted by Crippen LogP contribution is 2.39. The van der Waals surface area contributed by atoms with Crippen LogP contribution in [-0.4, -0.2) is 18.3 Å². The first kappa shape index (κ1) is 12.0. The lowest BCUT2D eigenvalue weighted by molar-refractivity contribution is 0.379. The molecule has 88 valence electrons. The van der Waals surface area contributed by atoms with Gasteiger partial charge in [0.1, 0.15) is 0 Å². The number of thioether (sulfide) groups is 1. The molecule has 0 spiro atoms. The van der Waals surface area contributed by atoms with Gasteiger partial charge in [-0.15, -0.1) is 11.8 Å². The lowest BCUT2D eigenvalue weighted by atomic mass is 9.93. The van der Waals surface area contributed by atoms with E-state index in [1.54, 1.807) is 0 Å². The Morgan fingerprint density at radius 3 is 2.81 bits per heavy atom. The number of fused-ring (bicyclic) bond motifs is 1. The van der Waals surface area contributed by atoms with Crippen molar-refractivity contribution in [3.63, 3.8) is 0 Å². The Hall–Kier alpha value is -0.470. The van der Waals surface area contributed by atoms with E-state index in [0.717, 1.165) is 5.92 Å². The summed E-state index contributed by atoms with van der Waals surface area (Å²) in [5, 5.41) is 4.21. The largest absolute Gasteiger partial charge is 0.316 e. The molecular formula is C14H21NS. The van der Waals surface area contributed by atoms with E-state index < -0.39 is 0 Å². The Morgan fingerprint density at radius 2 is 2.19 bits per heavy atom. The summed E-state index contributed by atoms with van der Waals surface area (Å²) in [6.45, 7) is 4.63. The zero-order chi connectivity index (χ0) is 11.5. The quantitative estimate of drug-likeness (QED) is 0.859. The predicted molar refractivity (Wildman–Crippen MR) is 72.1 cm³/mol. The van der Waals surface area contributed by atoms with Gasteiger partial charge in [0.2, 0.25) is 0 Å². The topological polar surface area (TPSA) is 12.0 Å². The summed E-state index contributed by atoms with van der Waals surface area (Å²) >= 11 is 2.05. The van der Waals surface area contributed by atoms with E-state index in [-0.39, 0.29) is 0 Å². The molecule has 1 heterocycles. The smallest absolute Gasteiger partial charge is 0.0291 e. The molecule has 0 aromatic heterocycles. The van der Waals surface area contributed by atoms with Gasteiger partial charge < -0.3 is 5.32 Å². The highest BCUT2D eigenvalue weighted by atomic mass is 32.2. The second-order valence-corrected chi connectivity index (χ2v) is 5.95. The van der Waals surface area contributed by atoms with Gasteiger partial charge in [-0.2, -0.15) is 0 Å². The second kappa shape index (κ2) is 5.24. The van der Waals surface area contributed by atoms with Crippen LogP contribution < -0.4 is 5.32 Å². The monoisotopic (exact) mass is 235 g/mol. The normalized spacial score (nSPS) is 22.8. The third kappa shape index (κ3) is 2.28. The van der Waals surface area contributed by atoms with Gasteiger partial charge in [-0.05, 0) is 31.0 Å². The predicted octanol–water partition coefficient (Wildman–Crippen LogP) is 3.34. The molecular weight excluding hydrogens is 214 g/mol. The van der Waals surface area contributed by atoms with Crippen molar-refractivity contribution in [2.45, 2.75) is 42.9 Å². The maximum absolute atomic E-state index is 3.51. The van der Waals surface area contributed by atoms with Crippen LogP contribution in [-0.2, 0) is 6.42 Å². The fraction of sp³-hybridized carbons (Fsp3) is 0.571. The molecule has 1 aliphatic rings. The van der Waals surface area contributed by atoms with E-state index in [0.29, 0.717) is 11.3 Å². The van der Waals surface area contributed by atoms with Crippen molar-refractivity contribution in [3.8, 4) is 0 Å². The number of rotatable bonds is 4. The maximum Gasteiger partial charge on any atom is 0.0291 e. The van der Waals surface area contributed by atoms with Crippen LogP contribution in [0.5, 0.6) is 0 Å². The van der Waals surface area contributed by atoms with Crippen LogP contribution >= 0.6 is 11.8 Å². The molecule has 0 saturated carbocycles. The van der Waals surface area contributed by atoms with Crippen LogP contribution in [0.1, 0.15) is 25.8 Å². The van der Waals surface area contributed by atoms with Gasteiger partial charge in [-0.3, -0.25) is 0 Å². The summed E-state index contributed by atoms with van der Waals surface area (Å²) in [6, 6.07) is 9.45. The lowest BCUT2D eigenvalue weighted by Crippen LogP contribution is -2.40. The van der Waals surface area contributed by atoms with Crippen molar-refractivity contribution in [1.82, 2.24) is 5.32 Å². The molecule has 0 fully saturated rings. The summed E-state index contributed by atoms with van der Waals surface area (Å²) in [6.07, 6.45) is 2.47. The van der Waals surface area contributed by atoms with Crippen LogP contribution in [0.25, 0.3) is 0 Å². The Balaban J connectivity index is 2.09. The molecule has 1 aromatic rings. The van der Waals surface area contributed by atoms with E-state index in [1.165, 1.54) is 23.3 Å². The number of hydrogen-bond donors (Lipinski definition) is 1. The molecule has 16 heavy (non-hydrogen) atoms. The third-order valence-electron chi connectivity index (χ3n) is 3.66. The Bertz CT molecular complexity index is 325. The van der Waals surface area contributed by atoms with E-state index >= 15 is 0 Å². The van der Waals surface area contributed by atoms with Crippen molar-refractivity contribution < 1.29 is 0 Å². The third-order valence-corrected chi connectivity index (χ3v) is 5.08. The van der Waals surface area contributed by atoms with Crippen LogP contribution in [0.2, 0.25) is 0 Å². The number of hydrogen-bond acceptors (Lipinski definition) is 2. The molecule has 1 nitrogen and oxygen atoms in total. The molecule has 1 aliphatic heterocycles. The second-order valence-electron chi connectivity index (χ2n) is 4.67. The van der Waals surface area contributed by atoms with Gasteiger partial charge in [-0.25, -0.2) is 0 Å². The van der Waals surface area contributed by atoms with Crippen molar-refractivity contribution >= 4 is 11.8 Å². The summed E-state index contributed by atoms with van der Waals surface area (Å²) in [5.74, 6) is 0.747. The highest BCUT2D eigenvalue weighted by molar-refractivity contribution is 8.00. The number of nitrogens with one attached hydrogen (secondary N) is 1. The summed E-state index contributed by atoms with van der Waals surface area (Å²) in [4.78, 5) is 1.48. The first-order valence-corrected chi connectivity index (χ1v) is 7.06. The molecule has 3 atom stereocenters. The van der Waals surface area contributed by atoms with E-state index in [1.807, 2.05) is 0 Å². The zero-order valence-electron chi connectivity index (χ0n) is 10.4. The minimum Gasteiger partial charge on any atom is -0.316 e. The Labute approximate surface area is 103 Å². The molecule has 2 rings (SSSR count). The summed E-state index contributed by atoms with van der Waals surface area (Å²) in [5.41, 5.74) is 1.53. The molecule has 1 N–H and O–H groups in total. The van der Waals surface area contributed by atoms with Crippen LogP contribution in [0.4, 0.5) is 0 Å². The first-order valence-electron chi connectivity index (χ1n) is 6.18. The minimum absolute atomic E-state index is 0.627. The van der Waals surface area contributed by atoms with Crippen LogP contribution in [0.15, 0.2) is 29.2 Å². The Kier molecular flexibility index (Phi) is 3.93. The summed E-state index contributed by atoms with van der Waals surface area (Å²) in [7, 11) is 2.10.